The van der Waals surface area contributed by atoms with Crippen molar-refractivity contribution >= 4 is 23.4 Å². The fourth-order valence-corrected chi connectivity index (χ4v) is 1.62. The third-order valence-corrected chi connectivity index (χ3v) is 2.49. The van der Waals surface area contributed by atoms with Crippen LogP contribution in [0.3, 0.4) is 0 Å². The van der Waals surface area contributed by atoms with Gasteiger partial charge in [0.1, 0.15) is 5.82 Å². The first-order valence-electron chi connectivity index (χ1n) is 5.12. The summed E-state index contributed by atoms with van der Waals surface area (Å²) >= 11 is 0. The van der Waals surface area contributed by atoms with Crippen LogP contribution in [0.25, 0.3) is 0 Å². The maximum absolute atomic E-state index is 13.4. The summed E-state index contributed by atoms with van der Waals surface area (Å²) in [5, 5.41) is 2.28. The number of carbonyl (C=O) groups excluding carboxylic acids is 3. The number of imide groups is 1. The molecule has 2 rings (SSSR count). The van der Waals surface area contributed by atoms with E-state index in [4.69, 9.17) is 0 Å². The fraction of sp³-hybridized carbons (Fsp3) is 0.0833. The van der Waals surface area contributed by atoms with Crippen LogP contribution in [0, 0.1) is 5.82 Å². The summed E-state index contributed by atoms with van der Waals surface area (Å²) in [6.45, 7) is 0. The lowest BCUT2D eigenvalue weighted by atomic mass is 10.1. The summed E-state index contributed by atoms with van der Waals surface area (Å²) < 4.78 is 13.4. The first-order chi connectivity index (χ1) is 8.54. The fourth-order valence-electron chi connectivity index (χ4n) is 1.62. The Kier molecular flexibility index (Phi) is 2.93. The molecule has 0 saturated heterocycles. The van der Waals surface area contributed by atoms with Gasteiger partial charge in [-0.2, -0.15) is 0 Å². The van der Waals surface area contributed by atoms with E-state index in [0.29, 0.717) is 0 Å². The number of carbonyl (C=O) groups is 3. The highest BCUT2D eigenvalue weighted by atomic mass is 19.1. The molecule has 0 radical (unpaired) electrons. The molecule has 92 valence electrons. The monoisotopic (exact) mass is 248 g/mol. The number of nitrogens with one attached hydrogen (secondary N) is 1. The molecule has 0 spiro atoms. The van der Waals surface area contributed by atoms with E-state index in [0.717, 1.165) is 29.2 Å². The quantitative estimate of drug-likeness (QED) is 0.780. The number of hydrogen-bond donors (Lipinski definition) is 1. The van der Waals surface area contributed by atoms with Gasteiger partial charge in [0.25, 0.3) is 17.7 Å². The molecule has 18 heavy (non-hydrogen) atoms. The summed E-state index contributed by atoms with van der Waals surface area (Å²) in [5.41, 5.74) is -0.0579. The summed E-state index contributed by atoms with van der Waals surface area (Å²) in [7, 11) is 1.36. The molecular formula is C12H9FN2O3. The van der Waals surface area contributed by atoms with Gasteiger partial charge in [0.15, 0.2) is 0 Å². The molecule has 1 aromatic rings. The molecule has 3 amide bonds. The van der Waals surface area contributed by atoms with E-state index >= 15 is 0 Å². The van der Waals surface area contributed by atoms with Gasteiger partial charge in [-0.1, -0.05) is 0 Å². The lowest BCUT2D eigenvalue weighted by Crippen LogP contribution is -2.30. The molecule has 1 N–H and O–H groups in total. The largest absolute Gasteiger partial charge is 0.355 e. The van der Waals surface area contributed by atoms with Crippen molar-refractivity contribution in [2.75, 3.05) is 11.9 Å². The van der Waals surface area contributed by atoms with Crippen molar-refractivity contribution in [1.82, 2.24) is 5.32 Å². The third kappa shape index (κ3) is 1.88. The van der Waals surface area contributed by atoms with Crippen LogP contribution in [0.5, 0.6) is 0 Å². The van der Waals surface area contributed by atoms with Crippen LogP contribution >= 0.6 is 0 Å². The molecular weight excluding hydrogens is 239 g/mol. The number of benzene rings is 1. The molecule has 1 aliphatic heterocycles. The number of nitrogens with zero attached hydrogens (tertiary/aromatic N) is 1. The maximum atomic E-state index is 13.4. The van der Waals surface area contributed by atoms with Crippen molar-refractivity contribution in [1.29, 1.82) is 0 Å². The van der Waals surface area contributed by atoms with E-state index < -0.39 is 23.5 Å². The van der Waals surface area contributed by atoms with Crippen LogP contribution < -0.4 is 10.2 Å². The molecule has 1 aromatic carbocycles. The molecule has 0 atom stereocenters. The van der Waals surface area contributed by atoms with Crippen molar-refractivity contribution in [3.05, 3.63) is 41.7 Å². The van der Waals surface area contributed by atoms with Crippen molar-refractivity contribution < 1.29 is 18.8 Å². The first kappa shape index (κ1) is 12.0. The highest BCUT2D eigenvalue weighted by molar-refractivity contribution is 6.28. The first-order valence-corrected chi connectivity index (χ1v) is 5.12. The third-order valence-electron chi connectivity index (χ3n) is 2.49. The van der Waals surface area contributed by atoms with Gasteiger partial charge in [-0.25, -0.2) is 9.29 Å². The average Bonchev–Trinajstić information content (AvgIpc) is 2.69. The Hall–Kier alpha value is -2.50. The second kappa shape index (κ2) is 4.40. The summed E-state index contributed by atoms with van der Waals surface area (Å²) in [6.07, 6.45) is 2.23. The molecule has 0 aromatic heterocycles. The van der Waals surface area contributed by atoms with Crippen LogP contribution in [0.4, 0.5) is 10.1 Å². The van der Waals surface area contributed by atoms with Gasteiger partial charge >= 0.3 is 0 Å². The van der Waals surface area contributed by atoms with Crippen molar-refractivity contribution in [3.63, 3.8) is 0 Å². The van der Waals surface area contributed by atoms with E-state index in [-0.39, 0.29) is 11.3 Å². The number of anilines is 1. The number of rotatable bonds is 2. The minimum absolute atomic E-state index is 0.162. The molecule has 6 heteroatoms. The van der Waals surface area contributed by atoms with Crippen molar-refractivity contribution in [2.24, 2.45) is 0 Å². The van der Waals surface area contributed by atoms with Crippen LogP contribution in [0.2, 0.25) is 0 Å². The Morgan fingerprint density at radius 2 is 1.83 bits per heavy atom. The lowest BCUT2D eigenvalue weighted by molar-refractivity contribution is -0.119. The molecule has 0 bridgehead atoms. The second-order valence-corrected chi connectivity index (χ2v) is 3.59. The van der Waals surface area contributed by atoms with Gasteiger partial charge in [-0.3, -0.25) is 14.4 Å². The van der Waals surface area contributed by atoms with Crippen molar-refractivity contribution in [3.8, 4) is 0 Å². The van der Waals surface area contributed by atoms with Gasteiger partial charge in [0.2, 0.25) is 0 Å². The Balaban J connectivity index is 2.45. The van der Waals surface area contributed by atoms with Gasteiger partial charge in [0.05, 0.1) is 11.3 Å². The molecule has 0 aliphatic carbocycles. The summed E-state index contributed by atoms with van der Waals surface area (Å²) in [5.74, 6) is -2.38. The molecule has 0 saturated carbocycles. The normalized spacial score (nSPS) is 14.2. The molecule has 1 heterocycles. The zero-order chi connectivity index (χ0) is 13.3. The minimum atomic E-state index is -0.717. The Morgan fingerprint density at radius 1 is 1.22 bits per heavy atom. The summed E-state index contributed by atoms with van der Waals surface area (Å²) in [4.78, 5) is 35.2. The topological polar surface area (TPSA) is 66.5 Å². The van der Waals surface area contributed by atoms with Crippen LogP contribution in [-0.2, 0) is 9.59 Å². The predicted molar refractivity (Wildman–Crippen MR) is 61.4 cm³/mol. The summed E-state index contributed by atoms with van der Waals surface area (Å²) in [6, 6.07) is 3.47. The minimum Gasteiger partial charge on any atom is -0.355 e. The van der Waals surface area contributed by atoms with E-state index in [2.05, 4.69) is 5.32 Å². The smallest absolute Gasteiger partial charge is 0.258 e. The van der Waals surface area contributed by atoms with Gasteiger partial charge < -0.3 is 5.32 Å². The standard InChI is InChI=1S/C12H9FN2O3/c1-14-12(18)8-6-7(2-3-9(8)13)15-10(16)4-5-11(15)17/h2-6H,1H3,(H,14,18). The van der Waals surface area contributed by atoms with Crippen molar-refractivity contribution in [2.45, 2.75) is 0 Å². The second-order valence-electron chi connectivity index (χ2n) is 3.59. The molecule has 0 fully saturated rings. The SMILES string of the molecule is CNC(=O)c1cc(N2C(=O)C=CC2=O)ccc1F. The van der Waals surface area contributed by atoms with E-state index in [1.54, 1.807) is 0 Å². The van der Waals surface area contributed by atoms with Gasteiger partial charge in [-0.05, 0) is 18.2 Å². The Bertz CT molecular complexity index is 563. The maximum Gasteiger partial charge on any atom is 0.258 e. The molecule has 0 unspecified atom stereocenters. The number of amides is 3. The van der Waals surface area contributed by atoms with Crippen LogP contribution in [0.1, 0.15) is 10.4 Å². The predicted octanol–water partition coefficient (Wildman–Crippen LogP) is 0.615. The number of hydrogen-bond acceptors (Lipinski definition) is 3. The van der Waals surface area contributed by atoms with Gasteiger partial charge in [0, 0.05) is 19.2 Å². The zero-order valence-electron chi connectivity index (χ0n) is 9.44. The number of halogens is 1. The van der Waals surface area contributed by atoms with Gasteiger partial charge in [-0.15, -0.1) is 0 Å². The lowest BCUT2D eigenvalue weighted by Gasteiger charge is -2.14. The Morgan fingerprint density at radius 3 is 2.39 bits per heavy atom. The average molecular weight is 248 g/mol. The molecule has 1 aliphatic rings. The zero-order valence-corrected chi connectivity index (χ0v) is 9.44. The van der Waals surface area contributed by atoms with E-state index in [9.17, 15) is 18.8 Å². The van der Waals surface area contributed by atoms with E-state index in [1.165, 1.54) is 13.1 Å². The highest BCUT2D eigenvalue weighted by Gasteiger charge is 2.26. The van der Waals surface area contributed by atoms with Crippen LogP contribution in [0.15, 0.2) is 30.4 Å². The molecule has 5 nitrogen and oxygen atoms in total. The Labute approximate surface area is 102 Å². The van der Waals surface area contributed by atoms with E-state index in [1.807, 2.05) is 0 Å². The van der Waals surface area contributed by atoms with Crippen LogP contribution in [-0.4, -0.2) is 24.8 Å². The highest BCUT2D eigenvalue weighted by Crippen LogP contribution is 2.22.